The Hall–Kier alpha value is -1.79. The molecule has 0 radical (unpaired) electrons. The van der Waals surface area contributed by atoms with Crippen LogP contribution in [0, 0.1) is 6.92 Å². The molecular formula is C45H73O9PSSi. The molecule has 322 valence electrons. The Labute approximate surface area is 350 Å². The summed E-state index contributed by atoms with van der Waals surface area (Å²) in [6.45, 7) is 24.2. The molecule has 9 nitrogen and oxygen atoms in total. The minimum atomic E-state index is -3.46. The minimum Gasteiger partial charge on any atom is -0.462 e. The summed E-state index contributed by atoms with van der Waals surface area (Å²) in [4.78, 5) is 13.6. The lowest BCUT2D eigenvalue weighted by atomic mass is 10.0. The average Bonchev–Trinajstić information content (AvgIpc) is 3.45. The van der Waals surface area contributed by atoms with Gasteiger partial charge < -0.3 is 32.4 Å². The van der Waals surface area contributed by atoms with Crippen LogP contribution in [0.4, 0.5) is 0 Å². The lowest BCUT2D eigenvalue weighted by Gasteiger charge is -2.41. The summed E-state index contributed by atoms with van der Waals surface area (Å²) < 4.78 is 55.8. The van der Waals surface area contributed by atoms with E-state index in [1.54, 1.807) is 13.8 Å². The third-order valence-corrected chi connectivity index (χ3v) is 18.2. The van der Waals surface area contributed by atoms with Crippen molar-refractivity contribution in [2.75, 3.05) is 26.0 Å². The topological polar surface area (TPSA) is 98.8 Å². The van der Waals surface area contributed by atoms with Crippen LogP contribution < -0.4 is 0 Å². The van der Waals surface area contributed by atoms with Gasteiger partial charge in [-0.05, 0) is 109 Å². The van der Waals surface area contributed by atoms with Crippen LogP contribution in [-0.2, 0) is 48.4 Å². The number of carbonyl (C=O) groups is 1. The molecule has 0 aliphatic carbocycles. The number of aryl methyl sites for hydroxylation is 1. The molecule has 0 amide bonds. The first-order chi connectivity index (χ1) is 26.9. The number of allylic oxidation sites excluding steroid dienone is 2. The fourth-order valence-corrected chi connectivity index (χ4v) is 10.4. The summed E-state index contributed by atoms with van der Waals surface area (Å²) in [5, 5.41) is 0.0930. The Kier molecular flexibility index (Phi) is 20.7. The van der Waals surface area contributed by atoms with Gasteiger partial charge in [0, 0.05) is 10.1 Å². The van der Waals surface area contributed by atoms with Gasteiger partial charge in [0.05, 0.1) is 38.6 Å². The van der Waals surface area contributed by atoms with E-state index in [2.05, 4.69) is 89.3 Å². The summed E-state index contributed by atoms with van der Waals surface area (Å²) in [6, 6.07) is 19.0. The predicted octanol–water partition coefficient (Wildman–Crippen LogP) is 12.1. The zero-order chi connectivity index (χ0) is 42.1. The monoisotopic (exact) mass is 848 g/mol. The summed E-state index contributed by atoms with van der Waals surface area (Å²) >= 11 is 1.84. The molecule has 2 aromatic rings. The number of unbranched alkanes of at least 4 members (excludes halogenated alkanes) is 4. The van der Waals surface area contributed by atoms with Crippen molar-refractivity contribution in [2.45, 2.75) is 172 Å². The van der Waals surface area contributed by atoms with Crippen molar-refractivity contribution in [1.29, 1.82) is 0 Å². The molecule has 3 rings (SSSR count). The molecule has 1 aliphatic heterocycles. The molecule has 0 saturated carbocycles. The summed E-state index contributed by atoms with van der Waals surface area (Å²) in [5.74, 6) is -1.32. The standard InChI is InChI=1S/C45H73O9PSSi/c1-12-49-55(47,50-13-2)34-41(46)51-36(4)24-20-17-15-14-16-18-23-27-40(56-38-30-28-35(3)29-31-38)43-42(52-45(8,9)53-43)39(54-57(10,11)44(5,6)7)33-48-32-37-25-21-19-22-26-37/h18-19,21-23,25-26,28-31,36,39-40,42-43H,12-17,20,24,27,32-34H2,1-11H3/b23-18+/t36-,39-,40?,42-,43-/m0/s1. The predicted molar refractivity (Wildman–Crippen MR) is 236 cm³/mol. The average molecular weight is 849 g/mol. The van der Waals surface area contributed by atoms with E-state index in [9.17, 15) is 9.36 Å². The summed E-state index contributed by atoms with van der Waals surface area (Å²) in [7, 11) is -5.67. The largest absolute Gasteiger partial charge is 0.462 e. The van der Waals surface area contributed by atoms with Gasteiger partial charge in [-0.15, -0.1) is 11.8 Å². The molecule has 1 fully saturated rings. The van der Waals surface area contributed by atoms with Crippen LogP contribution in [0.5, 0.6) is 0 Å². The Morgan fingerprint density at radius 2 is 1.56 bits per heavy atom. The fourth-order valence-electron chi connectivity index (χ4n) is 6.45. The Bertz CT molecular complexity index is 1520. The number of hydrogen-bond donors (Lipinski definition) is 0. The first kappa shape index (κ1) is 49.6. The lowest BCUT2D eigenvalue weighted by molar-refractivity contribution is -0.157. The van der Waals surface area contributed by atoms with Crippen LogP contribution >= 0.6 is 19.4 Å². The van der Waals surface area contributed by atoms with E-state index in [1.165, 1.54) is 10.5 Å². The third-order valence-electron chi connectivity index (χ3n) is 10.4. The van der Waals surface area contributed by atoms with E-state index in [0.29, 0.717) is 13.2 Å². The fraction of sp³-hybridized carbons (Fsp3) is 0.667. The van der Waals surface area contributed by atoms with E-state index in [-0.39, 0.29) is 54.1 Å². The van der Waals surface area contributed by atoms with Crippen LogP contribution in [0.3, 0.4) is 0 Å². The molecule has 0 spiro atoms. The zero-order valence-corrected chi connectivity index (χ0v) is 39.5. The van der Waals surface area contributed by atoms with Crippen LogP contribution in [0.15, 0.2) is 71.6 Å². The number of rotatable bonds is 26. The van der Waals surface area contributed by atoms with E-state index >= 15 is 0 Å². The highest BCUT2D eigenvalue weighted by Gasteiger charge is 2.51. The number of hydrogen-bond acceptors (Lipinski definition) is 10. The van der Waals surface area contributed by atoms with Crippen LogP contribution in [0.1, 0.15) is 111 Å². The van der Waals surface area contributed by atoms with Gasteiger partial charge >= 0.3 is 13.6 Å². The van der Waals surface area contributed by atoms with Gasteiger partial charge in [-0.3, -0.25) is 9.36 Å². The smallest absolute Gasteiger partial charge is 0.341 e. The number of benzene rings is 2. The summed E-state index contributed by atoms with van der Waals surface area (Å²) in [5.41, 5.74) is 2.36. The lowest BCUT2D eigenvalue weighted by Crippen LogP contribution is -2.52. The first-order valence-corrected chi connectivity index (χ1v) is 26.5. The van der Waals surface area contributed by atoms with Crippen molar-refractivity contribution in [1.82, 2.24) is 0 Å². The quantitative estimate of drug-likeness (QED) is 0.0227. The molecule has 12 heteroatoms. The van der Waals surface area contributed by atoms with Gasteiger partial charge in [0.1, 0.15) is 18.4 Å². The normalized spacial score (nSPS) is 19.1. The molecule has 0 aromatic heterocycles. The maximum absolute atomic E-state index is 12.7. The highest BCUT2D eigenvalue weighted by Crippen LogP contribution is 2.48. The van der Waals surface area contributed by atoms with Crippen LogP contribution in [0.2, 0.25) is 18.1 Å². The zero-order valence-electron chi connectivity index (χ0n) is 36.8. The molecule has 5 atom stereocenters. The second-order valence-electron chi connectivity index (χ2n) is 17.1. The Morgan fingerprint density at radius 1 is 0.930 bits per heavy atom. The van der Waals surface area contributed by atoms with Gasteiger partial charge in [0.25, 0.3) is 0 Å². The van der Waals surface area contributed by atoms with E-state index in [0.717, 1.165) is 50.5 Å². The van der Waals surface area contributed by atoms with E-state index in [1.807, 2.05) is 50.7 Å². The number of esters is 1. The van der Waals surface area contributed by atoms with Crippen molar-refractivity contribution < 1.29 is 41.8 Å². The molecule has 1 aliphatic rings. The second kappa shape index (κ2) is 23.9. The molecule has 1 unspecified atom stereocenters. The Morgan fingerprint density at radius 3 is 2.19 bits per heavy atom. The van der Waals surface area contributed by atoms with Crippen molar-refractivity contribution in [3.8, 4) is 0 Å². The van der Waals surface area contributed by atoms with Gasteiger partial charge in [0.15, 0.2) is 14.1 Å². The van der Waals surface area contributed by atoms with Gasteiger partial charge in [-0.1, -0.05) is 93.8 Å². The molecule has 57 heavy (non-hydrogen) atoms. The van der Waals surface area contributed by atoms with Crippen LogP contribution in [0.25, 0.3) is 0 Å². The maximum Gasteiger partial charge on any atom is 0.341 e. The van der Waals surface area contributed by atoms with Gasteiger partial charge in [-0.25, -0.2) is 0 Å². The third kappa shape index (κ3) is 17.8. The second-order valence-corrected chi connectivity index (χ2v) is 25.2. The van der Waals surface area contributed by atoms with E-state index in [4.69, 9.17) is 32.4 Å². The van der Waals surface area contributed by atoms with Crippen molar-refractivity contribution >= 4 is 33.6 Å². The van der Waals surface area contributed by atoms with Gasteiger partial charge in [0.2, 0.25) is 0 Å². The number of ether oxygens (including phenoxy) is 4. The SMILES string of the molecule is CCOP(=O)(CC(=O)O[C@@H](C)CCCCCC/C=C/CC(Sc1ccc(C)cc1)[C@@H]1OC(C)(C)O[C@H]1[C@H](COCc1ccccc1)O[Si](C)(C)C(C)(C)C)OCC. The number of thioether (sulfide) groups is 1. The molecule has 0 bridgehead atoms. The molecule has 0 N–H and O–H groups in total. The summed E-state index contributed by atoms with van der Waals surface area (Å²) in [6.07, 6.45) is 9.85. The Balaban J connectivity index is 1.64. The molecule has 2 aromatic carbocycles. The molecule has 1 heterocycles. The van der Waals surface area contributed by atoms with Crippen molar-refractivity contribution in [3.63, 3.8) is 0 Å². The molecule has 1 saturated heterocycles. The first-order valence-electron chi connectivity index (χ1n) is 21.0. The maximum atomic E-state index is 12.7. The number of carbonyl (C=O) groups excluding carboxylic acids is 1. The minimum absolute atomic E-state index is 0.0138. The van der Waals surface area contributed by atoms with Crippen molar-refractivity contribution in [2.24, 2.45) is 0 Å². The van der Waals surface area contributed by atoms with Crippen LogP contribution in [-0.4, -0.2) is 75.7 Å². The van der Waals surface area contributed by atoms with E-state index < -0.39 is 27.7 Å². The molecular weight excluding hydrogens is 776 g/mol. The van der Waals surface area contributed by atoms with Crippen molar-refractivity contribution in [3.05, 3.63) is 77.9 Å². The highest BCUT2D eigenvalue weighted by molar-refractivity contribution is 8.00. The van der Waals surface area contributed by atoms with Gasteiger partial charge in [-0.2, -0.15) is 0 Å². The highest BCUT2D eigenvalue weighted by atomic mass is 32.2.